The minimum atomic E-state index is 0.901. The van der Waals surface area contributed by atoms with Crippen molar-refractivity contribution in [2.45, 2.75) is 0 Å². The molecule has 1 aliphatic rings. The largest absolute Gasteiger partial charge is 0.456 e. The fourth-order valence-corrected chi connectivity index (χ4v) is 6.99. The molecule has 1 heterocycles. The summed E-state index contributed by atoms with van der Waals surface area (Å²) in [4.78, 5) is 2.42. The third kappa shape index (κ3) is 4.27. The Morgan fingerprint density at radius 1 is 0.370 bits per heavy atom. The molecule has 0 aliphatic carbocycles. The average Bonchev–Trinajstić information content (AvgIpc) is 3.13. The Morgan fingerprint density at radius 2 is 1.02 bits per heavy atom. The van der Waals surface area contributed by atoms with Gasteiger partial charge in [0.05, 0.1) is 11.4 Å². The molecule has 0 saturated heterocycles. The Morgan fingerprint density at radius 3 is 1.96 bits per heavy atom. The number of benzene rings is 8. The van der Waals surface area contributed by atoms with Crippen molar-refractivity contribution < 1.29 is 4.74 Å². The number of anilines is 3. The second kappa shape index (κ2) is 10.8. The third-order valence-electron chi connectivity index (χ3n) is 9.05. The Balaban J connectivity index is 1.27. The number of rotatable bonds is 5. The van der Waals surface area contributed by atoms with E-state index in [2.05, 4.69) is 169 Å². The first-order valence-electron chi connectivity index (χ1n) is 15.7. The summed E-state index contributed by atoms with van der Waals surface area (Å²) in [6, 6.07) is 62.7. The maximum Gasteiger partial charge on any atom is 0.135 e. The Bertz CT molecular complexity index is 2400. The standard InChI is InChI=1S/C44H29NO/c1-2-13-30(14-3-1)35-20-6-8-24-40(35)45(41-25-11-16-31-15-4-5-19-36(31)41)33-18-10-17-32(29-33)34-27-28-43-44-38(34)22-12-23-39(44)37-21-7-9-26-42(37)46-43/h1-29H. The lowest BCUT2D eigenvalue weighted by molar-refractivity contribution is 0.487. The Labute approximate surface area is 268 Å². The minimum Gasteiger partial charge on any atom is -0.456 e. The molecule has 0 radical (unpaired) electrons. The predicted octanol–water partition coefficient (Wildman–Crippen LogP) is 12.6. The van der Waals surface area contributed by atoms with E-state index in [4.69, 9.17) is 4.74 Å². The second-order valence-corrected chi connectivity index (χ2v) is 11.7. The highest BCUT2D eigenvalue weighted by Crippen LogP contribution is 2.49. The molecule has 0 saturated carbocycles. The minimum absolute atomic E-state index is 0.901. The van der Waals surface area contributed by atoms with E-state index in [1.807, 2.05) is 12.1 Å². The van der Waals surface area contributed by atoms with Crippen LogP contribution in [0.25, 0.3) is 54.9 Å². The molecule has 0 unspecified atom stereocenters. The van der Waals surface area contributed by atoms with Crippen LogP contribution in [0, 0.1) is 0 Å². The van der Waals surface area contributed by atoms with Gasteiger partial charge in [0.1, 0.15) is 11.5 Å². The van der Waals surface area contributed by atoms with Gasteiger partial charge in [-0.1, -0.05) is 140 Å². The number of ether oxygens (including phenoxy) is 1. The van der Waals surface area contributed by atoms with Gasteiger partial charge in [-0.2, -0.15) is 0 Å². The summed E-state index contributed by atoms with van der Waals surface area (Å²) < 4.78 is 6.41. The molecular formula is C44H29NO. The van der Waals surface area contributed by atoms with Crippen molar-refractivity contribution in [2.24, 2.45) is 0 Å². The molecule has 0 N–H and O–H groups in total. The summed E-state index contributed by atoms with van der Waals surface area (Å²) in [5, 5.41) is 4.75. The van der Waals surface area contributed by atoms with E-state index in [0.29, 0.717) is 0 Å². The lowest BCUT2D eigenvalue weighted by atomic mass is 9.90. The van der Waals surface area contributed by atoms with Crippen molar-refractivity contribution in [2.75, 3.05) is 4.90 Å². The number of hydrogen-bond acceptors (Lipinski definition) is 2. The highest BCUT2D eigenvalue weighted by molar-refractivity contribution is 6.10. The van der Waals surface area contributed by atoms with Crippen LogP contribution in [0.2, 0.25) is 0 Å². The first-order valence-corrected chi connectivity index (χ1v) is 15.7. The molecule has 0 fully saturated rings. The van der Waals surface area contributed by atoms with Crippen LogP contribution in [0.3, 0.4) is 0 Å². The molecular weight excluding hydrogens is 558 g/mol. The van der Waals surface area contributed by atoms with Crippen molar-refractivity contribution in [3.05, 3.63) is 176 Å². The second-order valence-electron chi connectivity index (χ2n) is 11.7. The van der Waals surface area contributed by atoms with Gasteiger partial charge in [0.2, 0.25) is 0 Å². The highest BCUT2D eigenvalue weighted by atomic mass is 16.5. The quantitative estimate of drug-likeness (QED) is 0.199. The molecule has 8 aromatic rings. The number of fused-ring (bicyclic) bond motifs is 3. The van der Waals surface area contributed by atoms with Gasteiger partial charge < -0.3 is 9.64 Å². The molecule has 9 rings (SSSR count). The van der Waals surface area contributed by atoms with Gasteiger partial charge >= 0.3 is 0 Å². The van der Waals surface area contributed by atoms with Crippen LogP contribution in [-0.2, 0) is 0 Å². The zero-order chi connectivity index (χ0) is 30.5. The average molecular weight is 588 g/mol. The van der Waals surface area contributed by atoms with Crippen molar-refractivity contribution in [3.63, 3.8) is 0 Å². The highest BCUT2D eigenvalue weighted by Gasteiger charge is 2.23. The number of nitrogens with zero attached hydrogens (tertiary/aromatic N) is 1. The van der Waals surface area contributed by atoms with Crippen molar-refractivity contribution in [1.29, 1.82) is 0 Å². The van der Waals surface area contributed by atoms with E-state index in [0.717, 1.165) is 45.1 Å². The van der Waals surface area contributed by atoms with E-state index in [1.54, 1.807) is 0 Å². The van der Waals surface area contributed by atoms with Gasteiger partial charge in [-0.15, -0.1) is 0 Å². The molecule has 0 spiro atoms. The predicted molar refractivity (Wildman–Crippen MR) is 193 cm³/mol. The number of hydrogen-bond donors (Lipinski definition) is 0. The summed E-state index contributed by atoms with van der Waals surface area (Å²) in [5.74, 6) is 1.80. The molecule has 2 heteroatoms. The van der Waals surface area contributed by atoms with E-state index in [1.165, 1.54) is 38.4 Å². The topological polar surface area (TPSA) is 12.5 Å². The van der Waals surface area contributed by atoms with Crippen LogP contribution >= 0.6 is 0 Å². The van der Waals surface area contributed by atoms with Crippen LogP contribution < -0.4 is 9.64 Å². The summed E-state index contributed by atoms with van der Waals surface area (Å²) >= 11 is 0. The van der Waals surface area contributed by atoms with Crippen LogP contribution in [0.1, 0.15) is 0 Å². The fraction of sp³-hybridized carbons (Fsp3) is 0. The van der Waals surface area contributed by atoms with Gasteiger partial charge in [0.15, 0.2) is 0 Å². The first kappa shape index (κ1) is 26.3. The summed E-state index contributed by atoms with van der Waals surface area (Å²) in [7, 11) is 0. The van der Waals surface area contributed by atoms with Gasteiger partial charge in [0.25, 0.3) is 0 Å². The molecule has 1 aliphatic heterocycles. The SMILES string of the molecule is c1ccc(-c2ccccc2N(c2cccc(-c3ccc4c5c(cccc35)-c3ccccc3O4)c2)c2cccc3ccccc23)cc1. The summed E-state index contributed by atoms with van der Waals surface area (Å²) in [6.07, 6.45) is 0. The molecule has 8 aromatic carbocycles. The summed E-state index contributed by atoms with van der Waals surface area (Å²) in [6.45, 7) is 0. The molecule has 46 heavy (non-hydrogen) atoms. The van der Waals surface area contributed by atoms with E-state index >= 15 is 0 Å². The molecule has 0 aromatic heterocycles. The van der Waals surface area contributed by atoms with Gasteiger partial charge in [0, 0.05) is 27.6 Å². The van der Waals surface area contributed by atoms with Crippen molar-refractivity contribution in [3.8, 4) is 44.9 Å². The lowest BCUT2D eigenvalue weighted by Crippen LogP contribution is -2.12. The molecule has 0 amide bonds. The van der Waals surface area contributed by atoms with Crippen molar-refractivity contribution in [1.82, 2.24) is 0 Å². The zero-order valence-corrected chi connectivity index (χ0v) is 25.1. The third-order valence-corrected chi connectivity index (χ3v) is 9.05. The maximum atomic E-state index is 6.41. The zero-order valence-electron chi connectivity index (χ0n) is 25.1. The van der Waals surface area contributed by atoms with Gasteiger partial charge in [-0.25, -0.2) is 0 Å². The smallest absolute Gasteiger partial charge is 0.135 e. The molecule has 0 bridgehead atoms. The maximum absolute atomic E-state index is 6.41. The van der Waals surface area contributed by atoms with E-state index in [9.17, 15) is 0 Å². The van der Waals surface area contributed by atoms with Crippen LogP contribution in [0.5, 0.6) is 11.5 Å². The van der Waals surface area contributed by atoms with E-state index in [-0.39, 0.29) is 0 Å². The monoisotopic (exact) mass is 587 g/mol. The van der Waals surface area contributed by atoms with Gasteiger partial charge in [-0.3, -0.25) is 0 Å². The fourth-order valence-electron chi connectivity index (χ4n) is 6.99. The van der Waals surface area contributed by atoms with Gasteiger partial charge in [-0.05, 0) is 69.4 Å². The lowest BCUT2D eigenvalue weighted by Gasteiger charge is -2.29. The first-order chi connectivity index (χ1) is 22.8. The van der Waals surface area contributed by atoms with Crippen molar-refractivity contribution >= 4 is 38.6 Å². The normalized spacial score (nSPS) is 11.7. The Hall–Kier alpha value is -6.12. The molecule has 0 atom stereocenters. The van der Waals surface area contributed by atoms with E-state index < -0.39 is 0 Å². The van der Waals surface area contributed by atoms with Crippen LogP contribution in [0.15, 0.2) is 176 Å². The van der Waals surface area contributed by atoms with Crippen LogP contribution in [0.4, 0.5) is 17.1 Å². The summed E-state index contributed by atoms with van der Waals surface area (Å²) in [5.41, 5.74) is 10.4. The van der Waals surface area contributed by atoms with Crippen LogP contribution in [-0.4, -0.2) is 0 Å². The Kier molecular flexibility index (Phi) is 6.17. The molecule has 2 nitrogen and oxygen atoms in total. The number of para-hydroxylation sites is 2. The molecule has 216 valence electrons.